The summed E-state index contributed by atoms with van der Waals surface area (Å²) in [5.41, 5.74) is 3.48. The predicted octanol–water partition coefficient (Wildman–Crippen LogP) is 4.03. The van der Waals surface area contributed by atoms with E-state index >= 15 is 0 Å². The van der Waals surface area contributed by atoms with E-state index in [1.54, 1.807) is 0 Å². The Bertz CT molecular complexity index is 1120. The zero-order valence-electron chi connectivity index (χ0n) is 16.2. The first kappa shape index (κ1) is 18.0. The minimum Gasteiger partial charge on any atom is -0.486 e. The van der Waals surface area contributed by atoms with Crippen molar-refractivity contribution in [1.29, 1.82) is 0 Å². The molecule has 0 atom stereocenters. The van der Waals surface area contributed by atoms with Gasteiger partial charge in [0.25, 0.3) is 0 Å². The van der Waals surface area contributed by atoms with Crippen LogP contribution in [0, 0.1) is 23.7 Å². The molecule has 2 aliphatic heterocycles. The number of benzene rings is 3. The first-order valence-corrected chi connectivity index (χ1v) is 9.77. The zero-order chi connectivity index (χ0) is 20.2. The molecule has 4 nitrogen and oxygen atoms in total. The van der Waals surface area contributed by atoms with Gasteiger partial charge in [-0.05, 0) is 48.5 Å². The van der Waals surface area contributed by atoms with Crippen molar-refractivity contribution >= 4 is 0 Å². The number of ether oxygens (including phenoxy) is 4. The van der Waals surface area contributed by atoms with E-state index in [1.165, 1.54) is 0 Å². The third kappa shape index (κ3) is 3.90. The topological polar surface area (TPSA) is 36.9 Å². The highest BCUT2D eigenvalue weighted by atomic mass is 16.6. The summed E-state index contributed by atoms with van der Waals surface area (Å²) in [4.78, 5) is 0. The van der Waals surface area contributed by atoms with Crippen molar-refractivity contribution in [3.8, 4) is 46.7 Å². The molecule has 0 spiro atoms. The molecule has 4 heteroatoms. The minimum atomic E-state index is 0.558. The molecule has 0 bridgehead atoms. The summed E-state index contributed by atoms with van der Waals surface area (Å²) in [6.07, 6.45) is 0. The molecule has 2 aliphatic rings. The highest BCUT2D eigenvalue weighted by Crippen LogP contribution is 2.31. The Morgan fingerprint density at radius 2 is 0.900 bits per heavy atom. The lowest BCUT2D eigenvalue weighted by Gasteiger charge is -2.17. The van der Waals surface area contributed by atoms with E-state index in [9.17, 15) is 0 Å². The first-order valence-electron chi connectivity index (χ1n) is 9.77. The summed E-state index contributed by atoms with van der Waals surface area (Å²) in [6.45, 7) is 2.27. The van der Waals surface area contributed by atoms with Gasteiger partial charge in [-0.25, -0.2) is 0 Å². The van der Waals surface area contributed by atoms with Crippen molar-refractivity contribution in [2.45, 2.75) is 0 Å². The number of hydrogen-bond acceptors (Lipinski definition) is 4. The largest absolute Gasteiger partial charge is 0.486 e. The summed E-state index contributed by atoms with van der Waals surface area (Å²) in [5, 5.41) is 0. The molecule has 5 rings (SSSR count). The van der Waals surface area contributed by atoms with Crippen LogP contribution in [-0.4, -0.2) is 26.4 Å². The van der Waals surface area contributed by atoms with Crippen LogP contribution in [0.25, 0.3) is 0 Å². The third-order valence-corrected chi connectivity index (χ3v) is 4.69. The molecule has 146 valence electrons. The zero-order valence-corrected chi connectivity index (χ0v) is 16.2. The Balaban J connectivity index is 1.41. The Morgan fingerprint density at radius 3 is 1.37 bits per heavy atom. The normalized spacial score (nSPS) is 13.3. The second kappa shape index (κ2) is 8.15. The standard InChI is InChI=1S/C26H18O4/c1-2-4-22(10-6-20-8-12-24-26(18-20)30-16-14-28-24)21(3-1)9-5-19-7-11-23-25(17-19)29-15-13-27-23/h1-4,7-8,11-12,17-18H,13-16H2. The second-order valence-electron chi connectivity index (χ2n) is 6.76. The maximum atomic E-state index is 5.63. The van der Waals surface area contributed by atoms with Crippen LogP contribution >= 0.6 is 0 Å². The van der Waals surface area contributed by atoms with Crippen LogP contribution in [0.5, 0.6) is 23.0 Å². The third-order valence-electron chi connectivity index (χ3n) is 4.69. The van der Waals surface area contributed by atoms with Crippen LogP contribution in [0.1, 0.15) is 22.3 Å². The second-order valence-corrected chi connectivity index (χ2v) is 6.76. The van der Waals surface area contributed by atoms with E-state index in [4.69, 9.17) is 18.9 Å². The fourth-order valence-electron chi connectivity index (χ4n) is 3.22. The maximum absolute atomic E-state index is 5.63. The van der Waals surface area contributed by atoms with Gasteiger partial charge >= 0.3 is 0 Å². The van der Waals surface area contributed by atoms with Gasteiger partial charge < -0.3 is 18.9 Å². The summed E-state index contributed by atoms with van der Waals surface area (Å²) < 4.78 is 22.4. The fraction of sp³-hybridized carbons (Fsp3) is 0.154. The van der Waals surface area contributed by atoms with Crippen LogP contribution in [0.2, 0.25) is 0 Å². The van der Waals surface area contributed by atoms with Gasteiger partial charge in [0.05, 0.1) is 0 Å². The Morgan fingerprint density at radius 1 is 0.467 bits per heavy atom. The predicted molar refractivity (Wildman–Crippen MR) is 113 cm³/mol. The van der Waals surface area contributed by atoms with Crippen molar-refractivity contribution in [3.05, 3.63) is 82.9 Å². The number of hydrogen-bond donors (Lipinski definition) is 0. The van der Waals surface area contributed by atoms with Gasteiger partial charge in [0.1, 0.15) is 26.4 Å². The molecule has 30 heavy (non-hydrogen) atoms. The van der Waals surface area contributed by atoms with Gasteiger partial charge in [0.15, 0.2) is 23.0 Å². The van der Waals surface area contributed by atoms with Crippen LogP contribution in [0.15, 0.2) is 60.7 Å². The van der Waals surface area contributed by atoms with E-state index < -0.39 is 0 Å². The lowest BCUT2D eigenvalue weighted by molar-refractivity contribution is 0.171. The molecule has 0 aromatic heterocycles. The van der Waals surface area contributed by atoms with Gasteiger partial charge in [-0.1, -0.05) is 35.8 Å². The van der Waals surface area contributed by atoms with Gasteiger partial charge in [0.2, 0.25) is 0 Å². The van der Waals surface area contributed by atoms with Crippen LogP contribution in [-0.2, 0) is 0 Å². The first-order chi connectivity index (χ1) is 14.8. The van der Waals surface area contributed by atoms with Crippen LogP contribution < -0.4 is 18.9 Å². The lowest BCUT2D eigenvalue weighted by Crippen LogP contribution is -2.15. The molecule has 3 aromatic carbocycles. The minimum absolute atomic E-state index is 0.558. The molecule has 0 saturated heterocycles. The van der Waals surface area contributed by atoms with Crippen molar-refractivity contribution in [2.24, 2.45) is 0 Å². The van der Waals surface area contributed by atoms with Crippen molar-refractivity contribution < 1.29 is 18.9 Å². The molecular weight excluding hydrogens is 376 g/mol. The molecule has 0 saturated carbocycles. The van der Waals surface area contributed by atoms with Gasteiger partial charge in [-0.3, -0.25) is 0 Å². The molecule has 2 heterocycles. The number of rotatable bonds is 0. The lowest BCUT2D eigenvalue weighted by atomic mass is 10.1. The molecular formula is C26H18O4. The Kier molecular flexibility index (Phi) is 4.90. The van der Waals surface area contributed by atoms with Gasteiger partial charge in [0, 0.05) is 22.3 Å². The summed E-state index contributed by atoms with van der Waals surface area (Å²) in [5.74, 6) is 15.9. The molecule has 0 fully saturated rings. The fourth-order valence-corrected chi connectivity index (χ4v) is 3.22. The van der Waals surface area contributed by atoms with Crippen LogP contribution in [0.3, 0.4) is 0 Å². The van der Waals surface area contributed by atoms with E-state index in [-0.39, 0.29) is 0 Å². The Labute approximate surface area is 175 Å². The monoisotopic (exact) mass is 394 g/mol. The highest BCUT2D eigenvalue weighted by molar-refractivity contribution is 5.57. The quantitative estimate of drug-likeness (QED) is 0.540. The summed E-state index contributed by atoms with van der Waals surface area (Å²) in [7, 11) is 0. The van der Waals surface area contributed by atoms with Gasteiger partial charge in [-0.2, -0.15) is 0 Å². The number of fused-ring (bicyclic) bond motifs is 2. The molecule has 0 unspecified atom stereocenters. The summed E-state index contributed by atoms with van der Waals surface area (Å²) in [6, 6.07) is 19.3. The van der Waals surface area contributed by atoms with Crippen molar-refractivity contribution in [2.75, 3.05) is 26.4 Å². The van der Waals surface area contributed by atoms with E-state index in [2.05, 4.69) is 23.7 Å². The maximum Gasteiger partial charge on any atom is 0.162 e. The molecule has 0 aliphatic carbocycles. The Hall–Kier alpha value is -4.02. The van der Waals surface area contributed by atoms with E-state index in [0.717, 1.165) is 45.3 Å². The van der Waals surface area contributed by atoms with E-state index in [1.807, 2.05) is 60.7 Å². The SMILES string of the molecule is C(#Cc1ccccc1C#Cc1ccc2c(c1)OCCO2)c1ccc2c(c1)OCCO2. The van der Waals surface area contributed by atoms with Crippen molar-refractivity contribution in [1.82, 2.24) is 0 Å². The molecule has 0 N–H and O–H groups in total. The summed E-state index contributed by atoms with van der Waals surface area (Å²) >= 11 is 0. The average Bonchev–Trinajstić information content (AvgIpc) is 2.81. The molecule has 3 aromatic rings. The van der Waals surface area contributed by atoms with Gasteiger partial charge in [-0.15, -0.1) is 0 Å². The average molecular weight is 394 g/mol. The molecule has 0 radical (unpaired) electrons. The highest BCUT2D eigenvalue weighted by Gasteiger charge is 2.12. The van der Waals surface area contributed by atoms with E-state index in [0.29, 0.717) is 26.4 Å². The van der Waals surface area contributed by atoms with Crippen molar-refractivity contribution in [3.63, 3.8) is 0 Å². The van der Waals surface area contributed by atoms with Crippen LogP contribution in [0.4, 0.5) is 0 Å². The smallest absolute Gasteiger partial charge is 0.162 e. The molecule has 0 amide bonds.